The number of nitrogens with zero attached hydrogens (tertiary/aromatic N) is 2. The lowest BCUT2D eigenvalue weighted by atomic mass is 9.81. The van der Waals surface area contributed by atoms with Crippen molar-refractivity contribution in [3.63, 3.8) is 0 Å². The molecule has 0 aliphatic heterocycles. The molecule has 0 bridgehead atoms. The third-order valence-electron chi connectivity index (χ3n) is 12.2. The molecule has 0 amide bonds. The van der Waals surface area contributed by atoms with E-state index in [9.17, 15) is 0 Å². The molecule has 0 saturated carbocycles. The van der Waals surface area contributed by atoms with E-state index in [2.05, 4.69) is 265 Å². The van der Waals surface area contributed by atoms with Gasteiger partial charge in [0.05, 0.1) is 0 Å². The fourth-order valence-corrected chi connectivity index (χ4v) is 9.45. The minimum absolute atomic E-state index is 1.09. The largest absolute Gasteiger partial charge is 0.310 e. The molecule has 0 fully saturated rings. The van der Waals surface area contributed by atoms with Crippen LogP contribution in [0.1, 0.15) is 5.56 Å². The van der Waals surface area contributed by atoms with E-state index in [4.69, 9.17) is 0 Å². The molecule has 0 heterocycles. The smallest absolute Gasteiger partial charge is 0.0468 e. The van der Waals surface area contributed by atoms with Crippen molar-refractivity contribution >= 4 is 66.4 Å². The first-order chi connectivity index (χ1) is 31.2. The number of rotatable bonds is 9. The van der Waals surface area contributed by atoms with Crippen molar-refractivity contribution < 1.29 is 0 Å². The molecule has 2 nitrogen and oxygen atoms in total. The van der Waals surface area contributed by atoms with E-state index >= 15 is 0 Å². The minimum atomic E-state index is 1.09. The van der Waals surface area contributed by atoms with Crippen molar-refractivity contribution in [1.29, 1.82) is 0 Å². The highest BCUT2D eigenvalue weighted by molar-refractivity contribution is 6.33. The zero-order chi connectivity index (χ0) is 42.1. The normalized spacial score (nSPS) is 11.3. The molecule has 0 aliphatic rings. The summed E-state index contributed by atoms with van der Waals surface area (Å²) in [5, 5.41) is 7.28. The van der Waals surface area contributed by atoms with Crippen LogP contribution in [0.25, 0.3) is 65.7 Å². The quantitative estimate of drug-likeness (QED) is 0.134. The zero-order valence-electron chi connectivity index (χ0n) is 35.1. The Balaban J connectivity index is 1.33. The summed E-state index contributed by atoms with van der Waals surface area (Å²) in [4.78, 5) is 4.74. The Bertz CT molecular complexity index is 3290. The number of aryl methyl sites for hydroxylation is 1. The topological polar surface area (TPSA) is 6.48 Å². The highest BCUT2D eigenvalue weighted by Crippen LogP contribution is 2.51. The van der Waals surface area contributed by atoms with Crippen LogP contribution in [0, 0.1) is 6.92 Å². The van der Waals surface area contributed by atoms with Crippen LogP contribution >= 0.6 is 0 Å². The van der Waals surface area contributed by atoms with Gasteiger partial charge in [-0.3, -0.25) is 0 Å². The monoisotopic (exact) mass is 804 g/mol. The summed E-state index contributed by atoms with van der Waals surface area (Å²) in [6.45, 7) is 2.19. The average molecular weight is 805 g/mol. The third-order valence-corrected chi connectivity index (χ3v) is 12.2. The van der Waals surface area contributed by atoms with Gasteiger partial charge in [0.2, 0.25) is 0 Å². The Morgan fingerprint density at radius 3 is 1.10 bits per heavy atom. The highest BCUT2D eigenvalue weighted by atomic mass is 15.1. The molecule has 0 aromatic heterocycles. The predicted molar refractivity (Wildman–Crippen MR) is 269 cm³/mol. The molecule has 0 atom stereocenters. The summed E-state index contributed by atoms with van der Waals surface area (Å²) in [5.74, 6) is 0. The second-order valence-electron chi connectivity index (χ2n) is 16.2. The Morgan fingerprint density at radius 2 is 0.651 bits per heavy atom. The van der Waals surface area contributed by atoms with Gasteiger partial charge in [-0.2, -0.15) is 0 Å². The van der Waals surface area contributed by atoms with Gasteiger partial charge in [0, 0.05) is 34.1 Å². The van der Waals surface area contributed by atoms with E-state index in [1.165, 1.54) is 71.3 Å². The number of anilines is 6. The number of hydrogen-bond acceptors (Lipinski definition) is 2. The van der Waals surface area contributed by atoms with E-state index in [0.29, 0.717) is 0 Å². The van der Waals surface area contributed by atoms with Crippen LogP contribution in [0.5, 0.6) is 0 Å². The molecule has 2 heteroatoms. The average Bonchev–Trinajstić information content (AvgIpc) is 3.35. The van der Waals surface area contributed by atoms with E-state index in [-0.39, 0.29) is 0 Å². The van der Waals surface area contributed by atoms with Crippen LogP contribution in [-0.4, -0.2) is 0 Å². The van der Waals surface area contributed by atoms with Gasteiger partial charge in [0.15, 0.2) is 0 Å². The second-order valence-corrected chi connectivity index (χ2v) is 16.2. The minimum Gasteiger partial charge on any atom is -0.310 e. The van der Waals surface area contributed by atoms with Crippen molar-refractivity contribution in [2.24, 2.45) is 0 Å². The van der Waals surface area contributed by atoms with E-state index < -0.39 is 0 Å². The van der Waals surface area contributed by atoms with Crippen molar-refractivity contribution in [2.75, 3.05) is 9.80 Å². The van der Waals surface area contributed by atoms with Crippen LogP contribution in [0.15, 0.2) is 249 Å². The second kappa shape index (κ2) is 16.3. The Labute approximate surface area is 369 Å². The van der Waals surface area contributed by atoms with Crippen LogP contribution in [-0.2, 0) is 0 Å². The number of benzene rings is 11. The fraction of sp³-hybridized carbons (Fsp3) is 0.0164. The molecular formula is C61H44N2. The standard InChI is InChI=1S/C61H44N2/c1-43-21-20-26-46(39-43)56-42-55(44-22-8-2-9-23-44)59(45-24-10-3-11-25-45)61-54-38-36-52(63(49-31-16-6-17-32-49)50-33-18-7-19-34-50)41-58(54)57-40-51(35-37-53(57)60(56)61)62(47-27-12-4-13-28-47)48-29-14-5-15-30-48/h2-42H,1H3. The summed E-state index contributed by atoms with van der Waals surface area (Å²) >= 11 is 0. The summed E-state index contributed by atoms with van der Waals surface area (Å²) in [5.41, 5.74) is 15.1. The SMILES string of the molecule is Cc1cccc(-c2cc(-c3ccccc3)c(-c3ccccc3)c3c4ccc(N(c5ccccc5)c5ccccc5)cc4c4cc(N(c5ccccc5)c5ccccc5)ccc4c23)c1. The van der Waals surface area contributed by atoms with Crippen molar-refractivity contribution in [1.82, 2.24) is 0 Å². The lowest BCUT2D eigenvalue weighted by Crippen LogP contribution is -2.10. The maximum absolute atomic E-state index is 2.45. The number of para-hydroxylation sites is 4. The molecule has 11 aromatic carbocycles. The summed E-state index contributed by atoms with van der Waals surface area (Å²) < 4.78 is 0. The molecule has 11 aromatic rings. The van der Waals surface area contributed by atoms with Gasteiger partial charge in [-0.1, -0.05) is 175 Å². The van der Waals surface area contributed by atoms with E-state index in [1.807, 2.05) is 0 Å². The van der Waals surface area contributed by atoms with Gasteiger partial charge < -0.3 is 9.80 Å². The maximum atomic E-state index is 2.45. The third kappa shape index (κ3) is 6.98. The van der Waals surface area contributed by atoms with E-state index in [1.54, 1.807) is 0 Å². The fourth-order valence-electron chi connectivity index (χ4n) is 9.45. The van der Waals surface area contributed by atoms with Gasteiger partial charge >= 0.3 is 0 Å². The molecule has 0 spiro atoms. The van der Waals surface area contributed by atoms with Crippen LogP contribution in [0.4, 0.5) is 34.1 Å². The van der Waals surface area contributed by atoms with Crippen molar-refractivity contribution in [2.45, 2.75) is 6.92 Å². The number of hydrogen-bond donors (Lipinski definition) is 0. The molecule has 0 saturated heterocycles. The Kier molecular flexibility index (Phi) is 9.80. The van der Waals surface area contributed by atoms with Crippen molar-refractivity contribution in [3.05, 3.63) is 254 Å². The molecule has 0 unspecified atom stereocenters. The molecule has 0 radical (unpaired) electrons. The first-order valence-corrected chi connectivity index (χ1v) is 21.7. The molecule has 298 valence electrons. The predicted octanol–water partition coefficient (Wildman–Crippen LogP) is 17.4. The summed E-state index contributed by atoms with van der Waals surface area (Å²) in [6.07, 6.45) is 0. The van der Waals surface area contributed by atoms with Crippen LogP contribution < -0.4 is 9.80 Å². The lowest BCUT2D eigenvalue weighted by Gasteiger charge is -2.28. The summed E-state index contributed by atoms with van der Waals surface area (Å²) in [7, 11) is 0. The molecule has 0 aliphatic carbocycles. The Morgan fingerprint density at radius 1 is 0.254 bits per heavy atom. The van der Waals surface area contributed by atoms with Gasteiger partial charge in [0.1, 0.15) is 0 Å². The number of fused-ring (bicyclic) bond motifs is 6. The van der Waals surface area contributed by atoms with Gasteiger partial charge in [-0.15, -0.1) is 0 Å². The van der Waals surface area contributed by atoms with Crippen molar-refractivity contribution in [3.8, 4) is 33.4 Å². The first-order valence-electron chi connectivity index (χ1n) is 21.7. The zero-order valence-corrected chi connectivity index (χ0v) is 35.1. The van der Waals surface area contributed by atoms with Crippen LogP contribution in [0.2, 0.25) is 0 Å². The van der Waals surface area contributed by atoms with Crippen LogP contribution in [0.3, 0.4) is 0 Å². The van der Waals surface area contributed by atoms with Gasteiger partial charge in [-0.05, 0) is 151 Å². The van der Waals surface area contributed by atoms with Gasteiger partial charge in [0.25, 0.3) is 0 Å². The summed E-state index contributed by atoms with van der Waals surface area (Å²) in [6, 6.07) is 90.4. The molecule has 11 rings (SSSR count). The van der Waals surface area contributed by atoms with Gasteiger partial charge in [-0.25, -0.2) is 0 Å². The lowest BCUT2D eigenvalue weighted by molar-refractivity contribution is 1.29. The van der Waals surface area contributed by atoms with E-state index in [0.717, 1.165) is 34.1 Å². The maximum Gasteiger partial charge on any atom is 0.0468 e. The first kappa shape index (κ1) is 37.8. The molecular weight excluding hydrogens is 761 g/mol. The highest BCUT2D eigenvalue weighted by Gasteiger charge is 2.24. The molecule has 63 heavy (non-hydrogen) atoms. The Hall–Kier alpha value is -8.20. The molecule has 0 N–H and O–H groups in total.